The molecular formula is C19H28ClNO. The molecule has 1 aromatic rings. The van der Waals surface area contributed by atoms with Crippen LogP contribution in [0.15, 0.2) is 18.2 Å². The van der Waals surface area contributed by atoms with E-state index >= 15 is 0 Å². The fourth-order valence-corrected chi connectivity index (χ4v) is 4.12. The minimum Gasteiger partial charge on any atom is -0.378 e. The van der Waals surface area contributed by atoms with E-state index in [1.165, 1.54) is 37.1 Å². The monoisotopic (exact) mass is 321 g/mol. The number of benzene rings is 1. The lowest BCUT2D eigenvalue weighted by Gasteiger charge is -2.32. The molecule has 1 saturated heterocycles. The van der Waals surface area contributed by atoms with Gasteiger partial charge in [-0.15, -0.1) is 0 Å². The van der Waals surface area contributed by atoms with Crippen LogP contribution >= 0.6 is 11.6 Å². The van der Waals surface area contributed by atoms with Crippen molar-refractivity contribution in [3.05, 3.63) is 34.3 Å². The molecular weight excluding hydrogens is 294 g/mol. The van der Waals surface area contributed by atoms with Crippen molar-refractivity contribution < 1.29 is 4.74 Å². The molecule has 0 bridgehead atoms. The summed E-state index contributed by atoms with van der Waals surface area (Å²) in [6.45, 7) is 9.94. The summed E-state index contributed by atoms with van der Waals surface area (Å²) in [5.41, 5.74) is 2.95. The molecule has 0 aromatic heterocycles. The molecule has 1 heterocycles. The van der Waals surface area contributed by atoms with Gasteiger partial charge in [0.2, 0.25) is 0 Å². The molecule has 3 heteroatoms. The maximum absolute atomic E-state index is 6.17. The molecule has 3 unspecified atom stereocenters. The summed E-state index contributed by atoms with van der Waals surface area (Å²) in [5, 5.41) is 0.873. The zero-order valence-electron chi connectivity index (χ0n) is 14.0. The maximum Gasteiger partial charge on any atom is 0.0519 e. The Kier molecular flexibility index (Phi) is 5.11. The molecule has 122 valence electrons. The highest BCUT2D eigenvalue weighted by molar-refractivity contribution is 6.30. The van der Waals surface area contributed by atoms with E-state index in [-0.39, 0.29) is 0 Å². The normalized spacial score (nSPS) is 29.0. The Bertz CT molecular complexity index is 516. The van der Waals surface area contributed by atoms with Crippen molar-refractivity contribution in [3.63, 3.8) is 0 Å². The van der Waals surface area contributed by atoms with Gasteiger partial charge in [-0.05, 0) is 68.2 Å². The van der Waals surface area contributed by atoms with Gasteiger partial charge >= 0.3 is 0 Å². The minimum atomic E-state index is 0.338. The second-order valence-electron chi connectivity index (χ2n) is 7.38. The number of ether oxygens (including phenoxy) is 1. The number of rotatable bonds is 4. The van der Waals surface area contributed by atoms with E-state index in [1.54, 1.807) is 0 Å². The first kappa shape index (κ1) is 16.3. The third-order valence-corrected chi connectivity index (χ3v) is 5.56. The lowest BCUT2D eigenvalue weighted by molar-refractivity contribution is 0.0444. The second-order valence-corrected chi connectivity index (χ2v) is 7.82. The van der Waals surface area contributed by atoms with Gasteiger partial charge in [0.1, 0.15) is 0 Å². The van der Waals surface area contributed by atoms with Gasteiger partial charge in [0.25, 0.3) is 0 Å². The molecule has 0 amide bonds. The molecule has 1 fully saturated rings. The second kappa shape index (κ2) is 6.90. The molecule has 3 atom stereocenters. The quantitative estimate of drug-likeness (QED) is 0.824. The molecule has 1 aromatic carbocycles. The Morgan fingerprint density at radius 3 is 2.86 bits per heavy atom. The number of hydrogen-bond acceptors (Lipinski definition) is 2. The van der Waals surface area contributed by atoms with E-state index in [0.29, 0.717) is 18.1 Å². The van der Waals surface area contributed by atoms with Gasteiger partial charge in [0.05, 0.1) is 12.7 Å². The van der Waals surface area contributed by atoms with Crippen molar-refractivity contribution in [3.8, 4) is 0 Å². The topological polar surface area (TPSA) is 12.5 Å². The summed E-state index contributed by atoms with van der Waals surface area (Å²) in [6.07, 6.45) is 3.96. The number of likely N-dealkylation sites (tertiary alicyclic amines) is 1. The molecule has 2 aliphatic rings. The molecule has 0 radical (unpaired) electrons. The predicted octanol–water partition coefficient (Wildman–Crippen LogP) is 4.19. The largest absolute Gasteiger partial charge is 0.378 e. The standard InChI is InChI=1S/C19H28ClNO/c1-13(2)22-12-17-11-21(10-14(17)3)19-7-5-15-4-6-18(20)8-16(15)9-19/h4,6,8,13-14,17,19H,5,7,9-12H2,1-3H3. The fourth-order valence-electron chi connectivity index (χ4n) is 3.92. The molecule has 0 saturated carbocycles. The van der Waals surface area contributed by atoms with Crippen LogP contribution in [0.5, 0.6) is 0 Å². The van der Waals surface area contributed by atoms with E-state index in [0.717, 1.165) is 24.0 Å². The molecule has 2 nitrogen and oxygen atoms in total. The number of nitrogens with zero attached hydrogens (tertiary/aromatic N) is 1. The van der Waals surface area contributed by atoms with Gasteiger partial charge in [-0.2, -0.15) is 0 Å². The summed E-state index contributed by atoms with van der Waals surface area (Å²) < 4.78 is 5.86. The third kappa shape index (κ3) is 3.67. The zero-order valence-corrected chi connectivity index (χ0v) is 14.8. The summed E-state index contributed by atoms with van der Waals surface area (Å²) >= 11 is 6.17. The van der Waals surface area contributed by atoms with Crippen molar-refractivity contribution in [1.82, 2.24) is 4.90 Å². The van der Waals surface area contributed by atoms with Gasteiger partial charge < -0.3 is 4.74 Å². The van der Waals surface area contributed by atoms with Crippen molar-refractivity contribution >= 4 is 11.6 Å². The van der Waals surface area contributed by atoms with Gasteiger partial charge in [-0.1, -0.05) is 24.6 Å². The lowest BCUT2D eigenvalue weighted by Crippen LogP contribution is -2.38. The van der Waals surface area contributed by atoms with Crippen molar-refractivity contribution in [2.75, 3.05) is 19.7 Å². The molecule has 22 heavy (non-hydrogen) atoms. The highest BCUT2D eigenvalue weighted by Gasteiger charge is 2.35. The van der Waals surface area contributed by atoms with Gasteiger partial charge in [0, 0.05) is 24.2 Å². The van der Waals surface area contributed by atoms with Crippen LogP contribution in [0, 0.1) is 11.8 Å². The first-order chi connectivity index (χ1) is 10.5. The molecule has 1 aliphatic carbocycles. The van der Waals surface area contributed by atoms with Crippen LogP contribution in [0.2, 0.25) is 5.02 Å². The lowest BCUT2D eigenvalue weighted by atomic mass is 9.87. The van der Waals surface area contributed by atoms with Gasteiger partial charge in [0.15, 0.2) is 0 Å². The number of aryl methyl sites for hydroxylation is 1. The first-order valence-corrected chi connectivity index (χ1v) is 9.03. The van der Waals surface area contributed by atoms with Gasteiger partial charge in [-0.25, -0.2) is 0 Å². The number of fused-ring (bicyclic) bond motifs is 1. The average molecular weight is 322 g/mol. The summed E-state index contributed by atoms with van der Waals surface area (Å²) in [6, 6.07) is 7.08. The Morgan fingerprint density at radius 1 is 1.27 bits per heavy atom. The van der Waals surface area contributed by atoms with Crippen LogP contribution in [0.25, 0.3) is 0 Å². The molecule has 0 spiro atoms. The SMILES string of the molecule is CC(C)OCC1CN(C2CCc3ccc(Cl)cc3C2)CC1C. The van der Waals surface area contributed by atoms with Crippen molar-refractivity contribution in [1.29, 1.82) is 0 Å². The highest BCUT2D eigenvalue weighted by atomic mass is 35.5. The minimum absolute atomic E-state index is 0.338. The van der Waals surface area contributed by atoms with E-state index < -0.39 is 0 Å². The highest BCUT2D eigenvalue weighted by Crippen LogP contribution is 2.32. The fraction of sp³-hybridized carbons (Fsp3) is 0.684. The van der Waals surface area contributed by atoms with Crippen LogP contribution in [0.4, 0.5) is 0 Å². The molecule has 3 rings (SSSR count). The van der Waals surface area contributed by atoms with Crippen LogP contribution in [-0.4, -0.2) is 36.7 Å². The van der Waals surface area contributed by atoms with Gasteiger partial charge in [-0.3, -0.25) is 4.90 Å². The Morgan fingerprint density at radius 2 is 2.09 bits per heavy atom. The Hall–Kier alpha value is -0.570. The van der Waals surface area contributed by atoms with Crippen molar-refractivity contribution in [2.24, 2.45) is 11.8 Å². The Balaban J connectivity index is 1.61. The van der Waals surface area contributed by atoms with Crippen LogP contribution in [0.3, 0.4) is 0 Å². The zero-order chi connectivity index (χ0) is 15.7. The molecule has 0 N–H and O–H groups in total. The van der Waals surface area contributed by atoms with E-state index in [9.17, 15) is 0 Å². The smallest absolute Gasteiger partial charge is 0.0519 e. The summed E-state index contributed by atoms with van der Waals surface area (Å²) in [7, 11) is 0. The summed E-state index contributed by atoms with van der Waals surface area (Å²) in [4.78, 5) is 2.70. The molecule has 1 aliphatic heterocycles. The summed E-state index contributed by atoms with van der Waals surface area (Å²) in [5.74, 6) is 1.42. The third-order valence-electron chi connectivity index (χ3n) is 5.33. The van der Waals surface area contributed by atoms with Crippen LogP contribution in [0.1, 0.15) is 38.3 Å². The predicted molar refractivity (Wildman–Crippen MR) is 92.6 cm³/mol. The van der Waals surface area contributed by atoms with Crippen LogP contribution < -0.4 is 0 Å². The van der Waals surface area contributed by atoms with Crippen LogP contribution in [-0.2, 0) is 17.6 Å². The van der Waals surface area contributed by atoms with E-state index in [4.69, 9.17) is 16.3 Å². The Labute approximate surface area is 139 Å². The van der Waals surface area contributed by atoms with E-state index in [1.807, 2.05) is 6.07 Å². The first-order valence-electron chi connectivity index (χ1n) is 8.66. The number of halogens is 1. The maximum atomic E-state index is 6.17. The van der Waals surface area contributed by atoms with Crippen molar-refractivity contribution in [2.45, 2.75) is 52.2 Å². The average Bonchev–Trinajstić information content (AvgIpc) is 2.85. The number of hydrogen-bond donors (Lipinski definition) is 0. The van der Waals surface area contributed by atoms with E-state index in [2.05, 4.69) is 37.8 Å².